The number of nitrogens with one attached hydrogen (secondary N) is 2. The zero-order valence-corrected chi connectivity index (χ0v) is 18.1. The van der Waals surface area contributed by atoms with Crippen molar-refractivity contribution in [1.29, 1.82) is 0 Å². The first-order chi connectivity index (χ1) is 15.6. The molecule has 0 amide bonds. The van der Waals surface area contributed by atoms with E-state index >= 15 is 0 Å². The average molecular weight is 443 g/mol. The number of ether oxygens (including phenoxy) is 2. The highest BCUT2D eigenvalue weighted by molar-refractivity contribution is 5.79. The monoisotopic (exact) mass is 443 g/mol. The molecule has 0 saturated carbocycles. The number of benzene rings is 2. The number of halogens is 2. The quantitative estimate of drug-likeness (QED) is 0.369. The lowest BCUT2D eigenvalue weighted by Crippen LogP contribution is -2.38. The minimum absolute atomic E-state index is 0.0284. The molecule has 0 unspecified atom stereocenters. The highest BCUT2D eigenvalue weighted by Gasteiger charge is 2.16. The minimum Gasteiger partial charge on any atom is -0.490 e. The lowest BCUT2D eigenvalue weighted by atomic mass is 10.2. The molecule has 1 heterocycles. The number of aromatic nitrogens is 2. The zero-order chi connectivity index (χ0) is 22.8. The van der Waals surface area contributed by atoms with Crippen molar-refractivity contribution in [2.75, 3.05) is 20.2 Å². The van der Waals surface area contributed by atoms with Crippen LogP contribution in [0.3, 0.4) is 0 Å². The summed E-state index contributed by atoms with van der Waals surface area (Å²) in [7, 11) is 1.65. The summed E-state index contributed by atoms with van der Waals surface area (Å²) >= 11 is 0. The van der Waals surface area contributed by atoms with Crippen LogP contribution in [0.25, 0.3) is 5.69 Å². The Hall–Kier alpha value is -3.62. The number of guanidine groups is 1. The van der Waals surface area contributed by atoms with Crippen LogP contribution < -0.4 is 20.1 Å². The van der Waals surface area contributed by atoms with Crippen molar-refractivity contribution in [3.63, 3.8) is 0 Å². The fraction of sp³-hybridized carbons (Fsp3) is 0.304. The Balaban J connectivity index is 1.54. The number of nitrogens with zero attached hydrogens (tertiary/aromatic N) is 3. The van der Waals surface area contributed by atoms with Crippen molar-refractivity contribution >= 4 is 5.96 Å². The van der Waals surface area contributed by atoms with Gasteiger partial charge in [-0.1, -0.05) is 30.3 Å². The van der Waals surface area contributed by atoms with Gasteiger partial charge in [0, 0.05) is 31.9 Å². The molecule has 7 nitrogen and oxygen atoms in total. The van der Waals surface area contributed by atoms with Crippen molar-refractivity contribution in [2.24, 2.45) is 4.99 Å². The molecule has 9 heteroatoms. The van der Waals surface area contributed by atoms with Gasteiger partial charge < -0.3 is 20.1 Å². The molecule has 3 rings (SSSR count). The fourth-order valence-corrected chi connectivity index (χ4v) is 3.13. The van der Waals surface area contributed by atoms with Gasteiger partial charge in [-0.3, -0.25) is 4.99 Å². The highest BCUT2D eigenvalue weighted by Crippen LogP contribution is 2.32. The lowest BCUT2D eigenvalue weighted by Gasteiger charge is -2.17. The summed E-state index contributed by atoms with van der Waals surface area (Å²) < 4.78 is 37.7. The van der Waals surface area contributed by atoms with Gasteiger partial charge in [0.25, 0.3) is 0 Å². The molecule has 0 aliphatic rings. The highest BCUT2D eigenvalue weighted by atomic mass is 19.3. The van der Waals surface area contributed by atoms with E-state index < -0.39 is 6.61 Å². The van der Waals surface area contributed by atoms with Crippen molar-refractivity contribution < 1.29 is 18.3 Å². The molecule has 0 fully saturated rings. The summed E-state index contributed by atoms with van der Waals surface area (Å²) in [5, 5.41) is 10.7. The normalized spacial score (nSPS) is 11.5. The van der Waals surface area contributed by atoms with Crippen LogP contribution in [-0.4, -0.2) is 42.6 Å². The maximum atomic E-state index is 12.9. The number of aliphatic imine (C=N–C) groups is 1. The Bertz CT molecular complexity index is 1010. The van der Waals surface area contributed by atoms with E-state index in [9.17, 15) is 8.78 Å². The van der Waals surface area contributed by atoms with Crippen molar-refractivity contribution in [2.45, 2.75) is 26.5 Å². The third-order valence-corrected chi connectivity index (χ3v) is 4.60. The van der Waals surface area contributed by atoms with Gasteiger partial charge >= 0.3 is 6.61 Å². The standard InChI is InChI=1S/C23H27F2N5O2/c1-3-31-20-11-7-8-18(21(20)32-22(24)25)15-28-23(26-2)27-13-12-17-14-29-30(16-17)19-9-5-4-6-10-19/h4-11,14,16,22H,3,12-13,15H2,1-2H3,(H2,26,27,28). The topological polar surface area (TPSA) is 72.7 Å². The van der Waals surface area contributed by atoms with Gasteiger partial charge in [-0.2, -0.15) is 13.9 Å². The van der Waals surface area contributed by atoms with Gasteiger partial charge in [0.05, 0.1) is 18.5 Å². The molecule has 0 saturated heterocycles. The molecule has 2 aromatic carbocycles. The van der Waals surface area contributed by atoms with Crippen LogP contribution in [0.15, 0.2) is 65.9 Å². The molecule has 0 bridgehead atoms. The van der Waals surface area contributed by atoms with Crippen molar-refractivity contribution in [3.8, 4) is 17.2 Å². The van der Waals surface area contributed by atoms with Crippen LogP contribution in [0.4, 0.5) is 8.78 Å². The largest absolute Gasteiger partial charge is 0.490 e. The Labute approximate surface area is 186 Å². The summed E-state index contributed by atoms with van der Waals surface area (Å²) in [5.74, 6) is 0.858. The van der Waals surface area contributed by atoms with Crippen LogP contribution in [0.2, 0.25) is 0 Å². The van der Waals surface area contributed by atoms with E-state index in [2.05, 4.69) is 20.7 Å². The Morgan fingerprint density at radius 2 is 1.94 bits per heavy atom. The fourth-order valence-electron chi connectivity index (χ4n) is 3.13. The molecule has 0 atom stereocenters. The van der Waals surface area contributed by atoms with Gasteiger partial charge in [-0.05, 0) is 37.1 Å². The number of para-hydroxylation sites is 2. The molecular weight excluding hydrogens is 416 g/mol. The molecule has 3 aromatic rings. The molecule has 0 radical (unpaired) electrons. The second kappa shape index (κ2) is 11.7. The van der Waals surface area contributed by atoms with Crippen LogP contribution in [0, 0.1) is 0 Å². The van der Waals surface area contributed by atoms with E-state index in [1.54, 1.807) is 32.2 Å². The van der Waals surface area contributed by atoms with Gasteiger partial charge in [0.15, 0.2) is 17.5 Å². The third kappa shape index (κ3) is 6.44. The van der Waals surface area contributed by atoms with Crippen LogP contribution in [0.5, 0.6) is 11.5 Å². The average Bonchev–Trinajstić information content (AvgIpc) is 3.27. The van der Waals surface area contributed by atoms with Gasteiger partial charge in [0.2, 0.25) is 0 Å². The molecule has 0 spiro atoms. The number of hydrogen-bond donors (Lipinski definition) is 2. The Kier molecular flexibility index (Phi) is 8.42. The predicted molar refractivity (Wildman–Crippen MR) is 120 cm³/mol. The van der Waals surface area contributed by atoms with Crippen LogP contribution in [0.1, 0.15) is 18.1 Å². The van der Waals surface area contributed by atoms with Crippen LogP contribution in [-0.2, 0) is 13.0 Å². The smallest absolute Gasteiger partial charge is 0.387 e. The summed E-state index contributed by atoms with van der Waals surface area (Å²) in [4.78, 5) is 4.19. The molecule has 32 heavy (non-hydrogen) atoms. The predicted octanol–water partition coefficient (Wildman–Crippen LogP) is 3.78. The van der Waals surface area contributed by atoms with Gasteiger partial charge in [-0.25, -0.2) is 4.68 Å². The Morgan fingerprint density at radius 1 is 1.12 bits per heavy atom. The van der Waals surface area contributed by atoms with E-state index in [-0.39, 0.29) is 18.0 Å². The molecule has 0 aliphatic carbocycles. The molecule has 0 aliphatic heterocycles. The SMILES string of the molecule is CCOc1cccc(CNC(=NC)NCCc2cnn(-c3ccccc3)c2)c1OC(F)F. The second-order valence-electron chi connectivity index (χ2n) is 6.79. The summed E-state index contributed by atoms with van der Waals surface area (Å²) in [6.45, 7) is 0.0609. The molecule has 170 valence electrons. The lowest BCUT2D eigenvalue weighted by molar-refractivity contribution is -0.0520. The van der Waals surface area contributed by atoms with Crippen LogP contribution >= 0.6 is 0 Å². The number of alkyl halides is 2. The van der Waals surface area contributed by atoms with E-state index in [1.807, 2.05) is 47.4 Å². The van der Waals surface area contributed by atoms with E-state index in [0.717, 1.165) is 17.7 Å². The van der Waals surface area contributed by atoms with Crippen molar-refractivity contribution in [1.82, 2.24) is 20.4 Å². The third-order valence-electron chi connectivity index (χ3n) is 4.60. The zero-order valence-electron chi connectivity index (χ0n) is 18.1. The summed E-state index contributed by atoms with van der Waals surface area (Å²) in [5.41, 5.74) is 2.62. The second-order valence-corrected chi connectivity index (χ2v) is 6.79. The van der Waals surface area contributed by atoms with E-state index in [1.165, 1.54) is 0 Å². The Morgan fingerprint density at radius 3 is 2.66 bits per heavy atom. The molecule has 1 aromatic heterocycles. The maximum absolute atomic E-state index is 12.9. The minimum atomic E-state index is -2.94. The first-order valence-corrected chi connectivity index (χ1v) is 10.3. The van der Waals surface area contributed by atoms with Gasteiger partial charge in [0.1, 0.15) is 0 Å². The van der Waals surface area contributed by atoms with Crippen molar-refractivity contribution in [3.05, 3.63) is 72.1 Å². The maximum Gasteiger partial charge on any atom is 0.387 e. The molecule has 2 N–H and O–H groups in total. The summed E-state index contributed by atoms with van der Waals surface area (Å²) in [6, 6.07) is 14.9. The molecular formula is C23H27F2N5O2. The number of hydrogen-bond acceptors (Lipinski definition) is 4. The first kappa shape index (κ1) is 23.1. The first-order valence-electron chi connectivity index (χ1n) is 10.3. The summed E-state index contributed by atoms with van der Waals surface area (Å²) in [6.07, 6.45) is 4.56. The number of rotatable bonds is 10. The van der Waals surface area contributed by atoms with Gasteiger partial charge in [-0.15, -0.1) is 0 Å². The van der Waals surface area contributed by atoms with E-state index in [4.69, 9.17) is 9.47 Å². The van der Waals surface area contributed by atoms with E-state index in [0.29, 0.717) is 24.7 Å².